The summed E-state index contributed by atoms with van der Waals surface area (Å²) in [6.07, 6.45) is -0.0523. The topological polar surface area (TPSA) is 249 Å². The molecule has 0 aliphatic rings. The first-order chi connectivity index (χ1) is 17.3. The average molecular weight is 525 g/mol. The molecule has 15 heteroatoms. The molecule has 1 rings (SSSR count). The zero-order chi connectivity index (χ0) is 28.1. The molecule has 0 saturated carbocycles. The second-order valence-electron chi connectivity index (χ2n) is 8.07. The highest BCUT2D eigenvalue weighted by Gasteiger charge is 2.24. The Balaban J connectivity index is 2.46. The Morgan fingerprint density at radius 3 is 1.86 bits per heavy atom. The Bertz CT molecular complexity index is 985. The number of rotatable bonds is 14. The number of carboxylic acids is 1. The lowest BCUT2D eigenvalue weighted by molar-refractivity contribution is -0.141. The fourth-order valence-corrected chi connectivity index (χ4v) is 2.78. The molecule has 4 atom stereocenters. The molecule has 0 bridgehead atoms. The van der Waals surface area contributed by atoms with E-state index in [-0.39, 0.29) is 12.2 Å². The first kappa shape index (κ1) is 30.8. The molecule has 1 aromatic carbocycles. The smallest absolute Gasteiger partial charge is 0.326 e. The number of aliphatic carboxylic acids is 1. The SMILES string of the molecule is CC(NC(=O)CNC(=O)C(N)CO)C(=O)NC(C)C(=O)NCC(=O)NC(Cc1ccc(O)cc1)C(=O)O. The fraction of sp³-hybridized carbons (Fsp3) is 0.455. The van der Waals surface area contributed by atoms with Gasteiger partial charge in [0.2, 0.25) is 29.5 Å². The second-order valence-corrected chi connectivity index (χ2v) is 8.07. The van der Waals surface area contributed by atoms with Crippen LogP contribution < -0.4 is 32.3 Å². The summed E-state index contributed by atoms with van der Waals surface area (Å²) in [7, 11) is 0. The van der Waals surface area contributed by atoms with E-state index in [9.17, 15) is 39.0 Å². The van der Waals surface area contributed by atoms with Gasteiger partial charge in [-0.25, -0.2) is 4.79 Å². The van der Waals surface area contributed by atoms with Gasteiger partial charge in [0.25, 0.3) is 0 Å². The van der Waals surface area contributed by atoms with Crippen molar-refractivity contribution in [2.24, 2.45) is 5.73 Å². The summed E-state index contributed by atoms with van der Waals surface area (Å²) >= 11 is 0. The summed E-state index contributed by atoms with van der Waals surface area (Å²) in [5.41, 5.74) is 5.86. The normalized spacial score (nSPS) is 13.7. The van der Waals surface area contributed by atoms with Crippen LogP contribution >= 0.6 is 0 Å². The van der Waals surface area contributed by atoms with Gasteiger partial charge >= 0.3 is 5.97 Å². The minimum Gasteiger partial charge on any atom is -0.508 e. The molecule has 37 heavy (non-hydrogen) atoms. The highest BCUT2D eigenvalue weighted by Crippen LogP contribution is 2.11. The van der Waals surface area contributed by atoms with Gasteiger partial charge in [-0.05, 0) is 31.5 Å². The number of aliphatic hydroxyl groups excluding tert-OH is 1. The zero-order valence-electron chi connectivity index (χ0n) is 20.3. The van der Waals surface area contributed by atoms with E-state index in [1.807, 2.05) is 0 Å². The van der Waals surface area contributed by atoms with Crippen molar-refractivity contribution in [3.8, 4) is 5.75 Å². The van der Waals surface area contributed by atoms with Gasteiger partial charge in [-0.1, -0.05) is 12.1 Å². The Hall–Kier alpha value is -4.24. The molecule has 0 aliphatic carbocycles. The number of carboxylic acid groups (broad SMARTS) is 1. The number of hydrogen-bond acceptors (Lipinski definition) is 9. The lowest BCUT2D eigenvalue weighted by Gasteiger charge is -2.19. The van der Waals surface area contributed by atoms with Gasteiger partial charge < -0.3 is 47.6 Å². The third-order valence-corrected chi connectivity index (χ3v) is 4.91. The van der Waals surface area contributed by atoms with E-state index in [0.717, 1.165) is 0 Å². The van der Waals surface area contributed by atoms with E-state index >= 15 is 0 Å². The van der Waals surface area contributed by atoms with Gasteiger partial charge in [-0.2, -0.15) is 0 Å². The van der Waals surface area contributed by atoms with E-state index in [2.05, 4.69) is 26.6 Å². The van der Waals surface area contributed by atoms with Crippen LogP contribution in [0.2, 0.25) is 0 Å². The van der Waals surface area contributed by atoms with Gasteiger partial charge in [0.05, 0.1) is 19.7 Å². The largest absolute Gasteiger partial charge is 0.508 e. The highest BCUT2D eigenvalue weighted by atomic mass is 16.4. The number of phenols is 1. The number of phenolic OH excluding ortho intramolecular Hbond substituents is 1. The summed E-state index contributed by atoms with van der Waals surface area (Å²) in [6, 6.07) is 1.13. The molecular weight excluding hydrogens is 492 g/mol. The molecule has 204 valence electrons. The Morgan fingerprint density at radius 1 is 0.811 bits per heavy atom. The number of hydrogen-bond donors (Lipinski definition) is 9. The van der Waals surface area contributed by atoms with Crippen LogP contribution in [0.4, 0.5) is 0 Å². The van der Waals surface area contributed by atoms with Gasteiger partial charge in [0, 0.05) is 6.42 Å². The van der Waals surface area contributed by atoms with Crippen LogP contribution in [-0.2, 0) is 35.2 Å². The summed E-state index contributed by atoms with van der Waals surface area (Å²) in [5, 5.41) is 38.8. The van der Waals surface area contributed by atoms with E-state index in [0.29, 0.717) is 5.56 Å². The van der Waals surface area contributed by atoms with Crippen molar-refractivity contribution in [1.82, 2.24) is 26.6 Å². The van der Waals surface area contributed by atoms with Crippen LogP contribution in [0.5, 0.6) is 5.75 Å². The predicted octanol–water partition coefficient (Wildman–Crippen LogP) is -3.93. The molecule has 0 spiro atoms. The lowest BCUT2D eigenvalue weighted by atomic mass is 10.1. The van der Waals surface area contributed by atoms with Crippen molar-refractivity contribution < 1.29 is 44.1 Å². The number of nitrogens with two attached hydrogens (primary N) is 1. The van der Waals surface area contributed by atoms with Gasteiger partial charge in [-0.15, -0.1) is 0 Å². The molecule has 0 radical (unpaired) electrons. The number of carbonyl (C=O) groups is 6. The van der Waals surface area contributed by atoms with Crippen LogP contribution in [-0.4, -0.2) is 94.7 Å². The van der Waals surface area contributed by atoms with Crippen molar-refractivity contribution in [3.63, 3.8) is 0 Å². The van der Waals surface area contributed by atoms with Crippen LogP contribution in [0.25, 0.3) is 0 Å². The maximum Gasteiger partial charge on any atom is 0.326 e. The first-order valence-electron chi connectivity index (χ1n) is 11.2. The van der Waals surface area contributed by atoms with Crippen molar-refractivity contribution in [2.45, 2.75) is 44.4 Å². The standard InChI is InChI=1S/C22H32N6O9/c1-11(27-20(34)12(2)26-17(31)8-25-21(35)15(23)10-29)19(33)24-9-18(32)28-16(22(36)37)7-13-3-5-14(30)6-4-13/h3-6,11-12,15-16,29-30H,7-10,23H2,1-2H3,(H,24,33)(H,25,35)(H,26,31)(H,27,34)(H,28,32)(H,36,37). The van der Waals surface area contributed by atoms with Crippen LogP contribution in [0.1, 0.15) is 19.4 Å². The van der Waals surface area contributed by atoms with Gasteiger partial charge in [0.15, 0.2) is 0 Å². The molecule has 1 aromatic rings. The average Bonchev–Trinajstić information content (AvgIpc) is 2.85. The molecule has 4 unspecified atom stereocenters. The lowest BCUT2D eigenvalue weighted by Crippen LogP contribution is -2.54. The first-order valence-corrected chi connectivity index (χ1v) is 11.2. The van der Waals surface area contributed by atoms with E-state index in [1.54, 1.807) is 0 Å². The number of aromatic hydroxyl groups is 1. The molecule has 0 heterocycles. The summed E-state index contributed by atoms with van der Waals surface area (Å²) in [4.78, 5) is 71.4. The van der Waals surface area contributed by atoms with Gasteiger partial charge in [0.1, 0.15) is 29.9 Å². The van der Waals surface area contributed by atoms with E-state index in [4.69, 9.17) is 10.8 Å². The number of benzene rings is 1. The Morgan fingerprint density at radius 2 is 1.32 bits per heavy atom. The van der Waals surface area contributed by atoms with E-state index in [1.165, 1.54) is 38.1 Å². The third kappa shape index (κ3) is 11.4. The number of aliphatic hydroxyl groups is 1. The molecular formula is C22H32N6O9. The van der Waals surface area contributed by atoms with Crippen molar-refractivity contribution in [2.75, 3.05) is 19.7 Å². The highest BCUT2D eigenvalue weighted by molar-refractivity contribution is 5.94. The molecule has 10 N–H and O–H groups in total. The molecule has 0 saturated heterocycles. The number of amides is 5. The number of nitrogens with one attached hydrogen (secondary N) is 5. The molecule has 0 aliphatic heterocycles. The summed E-state index contributed by atoms with van der Waals surface area (Å²) in [6.45, 7) is 1.03. The fourth-order valence-electron chi connectivity index (χ4n) is 2.78. The van der Waals surface area contributed by atoms with E-state index < -0.39 is 79.4 Å². The Labute approximate surface area is 212 Å². The number of carbonyl (C=O) groups excluding carboxylic acids is 5. The minimum atomic E-state index is -1.29. The van der Waals surface area contributed by atoms with Gasteiger partial charge in [-0.3, -0.25) is 24.0 Å². The van der Waals surface area contributed by atoms with Crippen molar-refractivity contribution in [1.29, 1.82) is 0 Å². The van der Waals surface area contributed by atoms with Crippen LogP contribution in [0, 0.1) is 0 Å². The second kappa shape index (κ2) is 15.0. The van der Waals surface area contributed by atoms with Crippen LogP contribution in [0.15, 0.2) is 24.3 Å². The monoisotopic (exact) mass is 524 g/mol. The predicted molar refractivity (Wildman–Crippen MR) is 128 cm³/mol. The maximum atomic E-state index is 12.2. The third-order valence-electron chi connectivity index (χ3n) is 4.91. The quantitative estimate of drug-likeness (QED) is 0.114. The molecule has 15 nitrogen and oxygen atoms in total. The summed E-state index contributed by atoms with van der Waals surface area (Å²) in [5.74, 6) is -4.99. The van der Waals surface area contributed by atoms with Crippen molar-refractivity contribution in [3.05, 3.63) is 29.8 Å². The summed E-state index contributed by atoms with van der Waals surface area (Å²) < 4.78 is 0. The zero-order valence-corrected chi connectivity index (χ0v) is 20.3. The molecule has 0 aromatic heterocycles. The van der Waals surface area contributed by atoms with Crippen molar-refractivity contribution >= 4 is 35.5 Å². The Kier molecular flexibility index (Phi) is 12.5. The minimum absolute atomic E-state index is 0.00768. The maximum absolute atomic E-state index is 12.2. The molecule has 5 amide bonds. The molecule has 0 fully saturated rings. The van der Waals surface area contributed by atoms with Crippen LogP contribution in [0.3, 0.4) is 0 Å².